The van der Waals surface area contributed by atoms with Crippen LogP contribution in [0.1, 0.15) is 6.42 Å². The predicted octanol–water partition coefficient (Wildman–Crippen LogP) is 0.335. The van der Waals surface area contributed by atoms with E-state index in [9.17, 15) is 4.79 Å². The van der Waals surface area contributed by atoms with Crippen molar-refractivity contribution >= 4 is 11.8 Å². The zero-order valence-electron chi connectivity index (χ0n) is 8.97. The van der Waals surface area contributed by atoms with E-state index in [0.29, 0.717) is 6.54 Å². The van der Waals surface area contributed by atoms with Gasteiger partial charge in [0.1, 0.15) is 5.82 Å². The van der Waals surface area contributed by atoms with Crippen molar-refractivity contribution in [2.24, 2.45) is 0 Å². The third-order valence-electron chi connectivity index (χ3n) is 2.70. The zero-order chi connectivity index (χ0) is 11.4. The standard InChI is InChI=1S/C11H15N3O2/c15-11(16)7-9-8-12-5-6-14(9)10-3-1-2-4-13-10/h1-4,9,12H,5-8H2,(H,15,16). The van der Waals surface area contributed by atoms with E-state index in [4.69, 9.17) is 5.11 Å². The first kappa shape index (κ1) is 10.9. The first-order valence-corrected chi connectivity index (χ1v) is 5.37. The highest BCUT2D eigenvalue weighted by atomic mass is 16.4. The number of aliphatic carboxylic acids is 1. The van der Waals surface area contributed by atoms with Crippen LogP contribution in [-0.4, -0.2) is 41.7 Å². The Balaban J connectivity index is 2.13. The SMILES string of the molecule is O=C(O)CC1CNCCN1c1ccccn1. The molecule has 1 aromatic heterocycles. The van der Waals surface area contributed by atoms with Gasteiger partial charge < -0.3 is 15.3 Å². The highest BCUT2D eigenvalue weighted by Crippen LogP contribution is 2.16. The van der Waals surface area contributed by atoms with Crippen molar-refractivity contribution in [3.8, 4) is 0 Å². The van der Waals surface area contributed by atoms with Crippen LogP contribution in [0.3, 0.4) is 0 Å². The van der Waals surface area contributed by atoms with E-state index < -0.39 is 5.97 Å². The molecule has 5 nitrogen and oxygen atoms in total. The molecule has 2 N–H and O–H groups in total. The molecule has 1 atom stereocenters. The van der Waals surface area contributed by atoms with Gasteiger partial charge in [-0.3, -0.25) is 4.79 Å². The molecule has 0 saturated carbocycles. The average molecular weight is 221 g/mol. The lowest BCUT2D eigenvalue weighted by Gasteiger charge is -2.36. The number of nitrogens with one attached hydrogen (secondary N) is 1. The van der Waals surface area contributed by atoms with Gasteiger partial charge in [0.2, 0.25) is 0 Å². The van der Waals surface area contributed by atoms with E-state index in [1.165, 1.54) is 0 Å². The Morgan fingerprint density at radius 1 is 1.62 bits per heavy atom. The molecule has 0 aromatic carbocycles. The van der Waals surface area contributed by atoms with Gasteiger partial charge in [-0.25, -0.2) is 4.98 Å². The number of nitrogens with zero attached hydrogens (tertiary/aromatic N) is 2. The molecule has 1 aliphatic heterocycles. The maximum absolute atomic E-state index is 10.8. The lowest BCUT2D eigenvalue weighted by atomic mass is 10.1. The fourth-order valence-electron chi connectivity index (χ4n) is 1.97. The van der Waals surface area contributed by atoms with Crippen LogP contribution in [0.15, 0.2) is 24.4 Å². The van der Waals surface area contributed by atoms with Crippen molar-refractivity contribution in [3.63, 3.8) is 0 Å². The van der Waals surface area contributed by atoms with Gasteiger partial charge in [0, 0.05) is 25.8 Å². The molecule has 0 amide bonds. The Hall–Kier alpha value is -1.62. The van der Waals surface area contributed by atoms with Crippen LogP contribution in [0.2, 0.25) is 0 Å². The molecule has 86 valence electrons. The van der Waals surface area contributed by atoms with Gasteiger partial charge in [-0.1, -0.05) is 6.07 Å². The van der Waals surface area contributed by atoms with Crippen LogP contribution in [0.5, 0.6) is 0 Å². The summed E-state index contributed by atoms with van der Waals surface area (Å²) in [4.78, 5) is 17.1. The van der Waals surface area contributed by atoms with Crippen molar-refractivity contribution in [3.05, 3.63) is 24.4 Å². The zero-order valence-corrected chi connectivity index (χ0v) is 8.97. The molecule has 16 heavy (non-hydrogen) atoms. The van der Waals surface area contributed by atoms with E-state index in [2.05, 4.69) is 15.2 Å². The number of carbonyl (C=O) groups is 1. The van der Waals surface area contributed by atoms with Crippen molar-refractivity contribution in [2.45, 2.75) is 12.5 Å². The summed E-state index contributed by atoms with van der Waals surface area (Å²) in [6.07, 6.45) is 1.87. The summed E-state index contributed by atoms with van der Waals surface area (Å²) in [6, 6.07) is 5.68. The summed E-state index contributed by atoms with van der Waals surface area (Å²) in [5.74, 6) is 0.0879. The molecule has 1 fully saturated rings. The monoisotopic (exact) mass is 221 g/mol. The molecule has 1 aliphatic rings. The molecular weight excluding hydrogens is 206 g/mol. The quantitative estimate of drug-likeness (QED) is 0.770. The molecule has 0 spiro atoms. The lowest BCUT2D eigenvalue weighted by Crippen LogP contribution is -2.52. The maximum atomic E-state index is 10.8. The highest BCUT2D eigenvalue weighted by Gasteiger charge is 2.25. The van der Waals surface area contributed by atoms with Gasteiger partial charge in [-0.15, -0.1) is 0 Å². The summed E-state index contributed by atoms with van der Waals surface area (Å²) in [6.45, 7) is 2.37. The highest BCUT2D eigenvalue weighted by molar-refractivity contribution is 5.68. The van der Waals surface area contributed by atoms with Gasteiger partial charge in [-0.2, -0.15) is 0 Å². The van der Waals surface area contributed by atoms with Crippen LogP contribution in [-0.2, 0) is 4.79 Å². The molecule has 1 unspecified atom stereocenters. The molecular formula is C11H15N3O2. The number of rotatable bonds is 3. The van der Waals surface area contributed by atoms with Gasteiger partial charge in [0.05, 0.1) is 12.5 Å². The van der Waals surface area contributed by atoms with Crippen LogP contribution in [0, 0.1) is 0 Å². The number of piperazine rings is 1. The number of carboxylic acids is 1. The molecule has 0 bridgehead atoms. The van der Waals surface area contributed by atoms with Gasteiger partial charge in [0.15, 0.2) is 0 Å². The molecule has 2 heterocycles. The maximum Gasteiger partial charge on any atom is 0.305 e. The number of anilines is 1. The Bertz CT molecular complexity index is 356. The second-order valence-corrected chi connectivity index (χ2v) is 3.84. The van der Waals surface area contributed by atoms with Gasteiger partial charge >= 0.3 is 5.97 Å². The first-order chi connectivity index (χ1) is 7.77. The van der Waals surface area contributed by atoms with Crippen molar-refractivity contribution in [1.82, 2.24) is 10.3 Å². The van der Waals surface area contributed by atoms with E-state index in [-0.39, 0.29) is 12.5 Å². The second-order valence-electron chi connectivity index (χ2n) is 3.84. The molecule has 5 heteroatoms. The largest absolute Gasteiger partial charge is 0.481 e. The molecule has 0 radical (unpaired) electrons. The van der Waals surface area contributed by atoms with Crippen LogP contribution < -0.4 is 10.2 Å². The number of aromatic nitrogens is 1. The third-order valence-corrected chi connectivity index (χ3v) is 2.70. The number of pyridine rings is 1. The smallest absolute Gasteiger partial charge is 0.305 e. The van der Waals surface area contributed by atoms with E-state index in [1.54, 1.807) is 6.20 Å². The normalized spacial score (nSPS) is 20.8. The van der Waals surface area contributed by atoms with E-state index >= 15 is 0 Å². The molecule has 0 aliphatic carbocycles. The Kier molecular flexibility index (Phi) is 3.36. The van der Waals surface area contributed by atoms with Crippen LogP contribution in [0.25, 0.3) is 0 Å². The first-order valence-electron chi connectivity index (χ1n) is 5.37. The lowest BCUT2D eigenvalue weighted by molar-refractivity contribution is -0.137. The summed E-state index contributed by atoms with van der Waals surface area (Å²) in [7, 11) is 0. The van der Waals surface area contributed by atoms with Crippen molar-refractivity contribution in [1.29, 1.82) is 0 Å². The number of hydrogen-bond donors (Lipinski definition) is 2. The molecule has 1 aromatic rings. The Morgan fingerprint density at radius 2 is 2.50 bits per heavy atom. The fourth-order valence-corrected chi connectivity index (χ4v) is 1.97. The summed E-state index contributed by atoms with van der Waals surface area (Å²) in [5.41, 5.74) is 0. The van der Waals surface area contributed by atoms with Crippen molar-refractivity contribution in [2.75, 3.05) is 24.5 Å². The topological polar surface area (TPSA) is 65.5 Å². The minimum atomic E-state index is -0.769. The second kappa shape index (κ2) is 4.94. The number of hydrogen-bond acceptors (Lipinski definition) is 4. The summed E-state index contributed by atoms with van der Waals surface area (Å²) in [5, 5.41) is 12.1. The van der Waals surface area contributed by atoms with E-state index in [0.717, 1.165) is 18.9 Å². The average Bonchev–Trinajstić information content (AvgIpc) is 2.30. The van der Waals surface area contributed by atoms with Gasteiger partial charge in [0.25, 0.3) is 0 Å². The molecule has 2 rings (SSSR count). The number of carboxylic acid groups (broad SMARTS) is 1. The summed E-state index contributed by atoms with van der Waals surface area (Å²) < 4.78 is 0. The fraction of sp³-hybridized carbons (Fsp3) is 0.455. The predicted molar refractivity (Wildman–Crippen MR) is 60.5 cm³/mol. The van der Waals surface area contributed by atoms with Crippen molar-refractivity contribution < 1.29 is 9.90 Å². The minimum Gasteiger partial charge on any atom is -0.481 e. The van der Waals surface area contributed by atoms with E-state index in [1.807, 2.05) is 18.2 Å². The minimum absolute atomic E-state index is 0.0128. The van der Waals surface area contributed by atoms with Crippen LogP contribution in [0.4, 0.5) is 5.82 Å². The Labute approximate surface area is 94.1 Å². The third kappa shape index (κ3) is 2.49. The summed E-state index contributed by atoms with van der Waals surface area (Å²) >= 11 is 0. The van der Waals surface area contributed by atoms with Gasteiger partial charge in [-0.05, 0) is 12.1 Å². The Morgan fingerprint density at radius 3 is 3.19 bits per heavy atom. The van der Waals surface area contributed by atoms with Crippen LogP contribution >= 0.6 is 0 Å². The molecule has 1 saturated heterocycles.